The first-order valence-corrected chi connectivity index (χ1v) is 20.1. The Morgan fingerprint density at radius 2 is 1.66 bits per heavy atom. The maximum atomic E-state index is 11.4. The number of carbonyl (C=O) groups excluding carboxylic acids is 1. The van der Waals surface area contributed by atoms with Crippen LogP contribution in [0.4, 0.5) is 17.2 Å². The molecule has 0 radical (unpaired) electrons. The smallest absolute Gasteiger partial charge is 0.273 e. The summed E-state index contributed by atoms with van der Waals surface area (Å²) in [6.45, 7) is 13.6. The Hall–Kier alpha value is -6.02. The molecular formula is C46H44Br2N6O4S. The minimum absolute atomic E-state index is 0.00730. The molecule has 4 N–H and O–H groups in total. The molecular weight excluding hydrogens is 892 g/mol. The first-order valence-electron chi connectivity index (χ1n) is 18.1. The molecule has 1 aliphatic rings. The van der Waals surface area contributed by atoms with E-state index in [2.05, 4.69) is 85.0 Å². The van der Waals surface area contributed by atoms with Gasteiger partial charge in [0.05, 0.1) is 4.47 Å². The number of halogens is 2. The third kappa shape index (κ3) is 15.0. The lowest BCUT2D eigenvalue weighted by molar-refractivity contribution is -0.349. The standard InChI is InChI=1S/C20H22N2O2.C13H10Br2N2O.C13H12N2OS/c1-20(2,3)16-10-11-19(23)18(14-16)21-12-6-8-15-7-5-9-17(13-15)22(4)24;1-8-2-3-12(16-6-8)17-7-9-4-10(14)5-11(15)13(9)18;1-9(7-10-5-3-2-4-6-10)8-11-12(16)15-13(17)14-11/h5-14,23H,4H2,1-3H3;2-7,18H,1H3;2-8H,1H3,(H2,14,15,16,17)/b8-6+,21-12?;;9-7+,11-8+. The van der Waals surface area contributed by atoms with Crippen molar-refractivity contribution < 1.29 is 19.7 Å². The Morgan fingerprint density at radius 3 is 2.31 bits per heavy atom. The van der Waals surface area contributed by atoms with Gasteiger partial charge in [-0.2, -0.15) is 4.74 Å². The zero-order chi connectivity index (χ0) is 43.1. The Kier molecular flexibility index (Phi) is 16.8. The Balaban J connectivity index is 0.000000199. The summed E-state index contributed by atoms with van der Waals surface area (Å²) in [7, 11) is 0. The molecule has 1 fully saturated rings. The number of carbonyl (C=O) groups is 1. The van der Waals surface area contributed by atoms with E-state index in [9.17, 15) is 20.2 Å². The van der Waals surface area contributed by atoms with Gasteiger partial charge in [-0.1, -0.05) is 103 Å². The van der Waals surface area contributed by atoms with Crippen LogP contribution < -0.4 is 10.6 Å². The average Bonchev–Trinajstić information content (AvgIpc) is 3.51. The zero-order valence-corrected chi connectivity index (χ0v) is 37.1. The van der Waals surface area contributed by atoms with E-state index in [1.165, 1.54) is 0 Å². The first-order chi connectivity index (χ1) is 28.0. The monoisotopic (exact) mass is 934 g/mol. The molecule has 5 aromatic rings. The van der Waals surface area contributed by atoms with E-state index in [1.807, 2.05) is 86.7 Å². The van der Waals surface area contributed by atoms with Crippen LogP contribution >= 0.6 is 44.1 Å². The molecule has 13 heteroatoms. The molecule has 0 atom stereocenters. The Morgan fingerprint density at radius 1 is 0.932 bits per heavy atom. The van der Waals surface area contributed by atoms with Crippen molar-refractivity contribution in [2.24, 2.45) is 9.98 Å². The highest BCUT2D eigenvalue weighted by molar-refractivity contribution is 9.11. The van der Waals surface area contributed by atoms with Crippen molar-refractivity contribution in [3.63, 3.8) is 0 Å². The topological polar surface area (TPSA) is 145 Å². The highest BCUT2D eigenvalue weighted by Crippen LogP contribution is 2.33. The van der Waals surface area contributed by atoms with Crippen LogP contribution in [0.2, 0.25) is 0 Å². The summed E-state index contributed by atoms with van der Waals surface area (Å²) in [5.74, 6) is 0.731. The van der Waals surface area contributed by atoms with Gasteiger partial charge in [-0.3, -0.25) is 15.1 Å². The number of aryl methyl sites for hydroxylation is 1. The number of rotatable bonds is 8. The molecule has 10 nitrogen and oxygen atoms in total. The van der Waals surface area contributed by atoms with Gasteiger partial charge in [0.2, 0.25) is 5.69 Å². The molecule has 1 aliphatic heterocycles. The van der Waals surface area contributed by atoms with Gasteiger partial charge in [0, 0.05) is 40.8 Å². The van der Waals surface area contributed by atoms with Crippen LogP contribution in [-0.2, 0) is 10.2 Å². The van der Waals surface area contributed by atoms with Gasteiger partial charge in [-0.25, -0.2) is 9.98 Å². The molecule has 0 bridgehead atoms. The van der Waals surface area contributed by atoms with Crippen molar-refractivity contribution in [1.29, 1.82) is 0 Å². The van der Waals surface area contributed by atoms with Gasteiger partial charge in [-0.05, 0) is 118 Å². The quantitative estimate of drug-likeness (QED) is 0.0303. The van der Waals surface area contributed by atoms with E-state index in [1.54, 1.807) is 67.2 Å². The van der Waals surface area contributed by atoms with E-state index in [-0.39, 0.29) is 22.8 Å². The van der Waals surface area contributed by atoms with Crippen LogP contribution in [0.15, 0.2) is 146 Å². The largest absolute Gasteiger partial charge is 0.619 e. The van der Waals surface area contributed by atoms with Gasteiger partial charge in [0.1, 0.15) is 29.6 Å². The summed E-state index contributed by atoms with van der Waals surface area (Å²) in [6, 6.07) is 29.8. The number of aromatic hydroxyl groups is 2. The lowest BCUT2D eigenvalue weighted by atomic mass is 9.87. The summed E-state index contributed by atoms with van der Waals surface area (Å²) < 4.78 is 2.06. The van der Waals surface area contributed by atoms with Gasteiger partial charge in [0.15, 0.2) is 10.9 Å². The van der Waals surface area contributed by atoms with Gasteiger partial charge < -0.3 is 20.7 Å². The van der Waals surface area contributed by atoms with E-state index in [0.717, 1.165) is 32.3 Å². The van der Waals surface area contributed by atoms with Gasteiger partial charge >= 0.3 is 0 Å². The van der Waals surface area contributed by atoms with Crippen molar-refractivity contribution in [1.82, 2.24) is 15.6 Å². The second kappa shape index (κ2) is 21.7. The first kappa shape index (κ1) is 45.7. The van der Waals surface area contributed by atoms with E-state index in [4.69, 9.17) is 12.2 Å². The lowest BCUT2D eigenvalue weighted by Gasteiger charge is -2.19. The Labute approximate surface area is 367 Å². The molecule has 59 heavy (non-hydrogen) atoms. The number of thiocarbonyl (C=S) groups is 1. The van der Waals surface area contributed by atoms with Crippen LogP contribution in [0.1, 0.15) is 55.5 Å². The Bertz CT molecular complexity index is 2460. The number of aliphatic imine (C=N–C) groups is 2. The third-order valence-electron chi connectivity index (χ3n) is 8.16. The number of hydrogen-bond donors (Lipinski definition) is 4. The van der Waals surface area contributed by atoms with Crippen molar-refractivity contribution in [2.45, 2.75) is 40.0 Å². The molecule has 2 heterocycles. The SMILES string of the molecule is C=[N+]([O-])c1cccc(/C=C/C=Nc2cc(C(C)(C)C)ccc2O)c1.CC(=C\c1ccccc1)/C=C1/NC(=S)NC1=O.Cc1ccc(N=Cc2cc(Br)cc(Br)c2O)nc1. The molecule has 0 saturated carbocycles. The molecule has 1 aromatic heterocycles. The maximum absolute atomic E-state index is 11.4. The number of phenols is 2. The molecule has 0 aliphatic carbocycles. The van der Waals surface area contributed by atoms with Crippen LogP contribution in [0.5, 0.6) is 11.5 Å². The second-order valence-electron chi connectivity index (χ2n) is 14.1. The third-order valence-corrected chi connectivity index (χ3v) is 9.43. The fraction of sp³-hybridized carbons (Fsp3) is 0.130. The average molecular weight is 937 g/mol. The minimum atomic E-state index is -0.184. The predicted octanol–water partition coefficient (Wildman–Crippen LogP) is 11.3. The molecule has 4 aromatic carbocycles. The van der Waals surface area contributed by atoms with Gasteiger partial charge in [-0.15, -0.1) is 0 Å². The number of phenolic OH excluding ortho intramolecular Hbond substituents is 2. The zero-order valence-electron chi connectivity index (χ0n) is 33.2. The summed E-state index contributed by atoms with van der Waals surface area (Å²) >= 11 is 11.5. The predicted molar refractivity (Wildman–Crippen MR) is 253 cm³/mol. The van der Waals surface area contributed by atoms with Crippen LogP contribution in [-0.4, -0.2) is 50.1 Å². The summed E-state index contributed by atoms with van der Waals surface area (Å²) in [6.07, 6.45) is 12.3. The molecule has 6 rings (SSSR count). The summed E-state index contributed by atoms with van der Waals surface area (Å²) in [5, 5.41) is 36.7. The minimum Gasteiger partial charge on any atom is -0.619 e. The number of nitrogens with one attached hydrogen (secondary N) is 2. The van der Waals surface area contributed by atoms with Crippen LogP contribution in [0.25, 0.3) is 12.2 Å². The number of allylic oxidation sites excluding steroid dienone is 3. The molecule has 0 spiro atoms. The van der Waals surface area contributed by atoms with Crippen molar-refractivity contribution in [3.8, 4) is 11.5 Å². The molecule has 1 amide bonds. The van der Waals surface area contributed by atoms with E-state index >= 15 is 0 Å². The van der Waals surface area contributed by atoms with Crippen molar-refractivity contribution in [3.05, 3.63) is 169 Å². The van der Waals surface area contributed by atoms with Crippen molar-refractivity contribution in [2.75, 3.05) is 0 Å². The van der Waals surface area contributed by atoms with E-state index < -0.39 is 0 Å². The fourth-order valence-corrected chi connectivity index (χ4v) is 6.54. The second-order valence-corrected chi connectivity index (χ2v) is 16.3. The molecule has 302 valence electrons. The highest BCUT2D eigenvalue weighted by atomic mass is 79.9. The number of benzene rings is 4. The highest BCUT2D eigenvalue weighted by Gasteiger charge is 2.19. The van der Waals surface area contributed by atoms with Crippen LogP contribution in [0.3, 0.4) is 0 Å². The summed E-state index contributed by atoms with van der Waals surface area (Å²) in [4.78, 5) is 24.1. The normalized spacial score (nSPS) is 13.5. The number of amides is 1. The molecule has 0 unspecified atom stereocenters. The lowest BCUT2D eigenvalue weighted by Crippen LogP contribution is -2.21. The van der Waals surface area contributed by atoms with Crippen molar-refractivity contribution >= 4 is 104 Å². The number of pyridine rings is 1. The van der Waals surface area contributed by atoms with Crippen LogP contribution in [0, 0.1) is 12.1 Å². The van der Waals surface area contributed by atoms with E-state index in [0.29, 0.717) is 42.8 Å². The summed E-state index contributed by atoms with van der Waals surface area (Å²) in [5.41, 5.74) is 7.27. The molecule has 1 saturated heterocycles. The number of nitrogens with zero attached hydrogens (tertiary/aromatic N) is 4. The number of aromatic nitrogens is 1. The fourth-order valence-electron chi connectivity index (χ4n) is 5.07. The van der Waals surface area contributed by atoms with Gasteiger partial charge in [0.25, 0.3) is 5.91 Å². The number of hydrogen-bond acceptors (Lipinski definition) is 8. The maximum Gasteiger partial charge on any atom is 0.273 e.